The zero-order valence-electron chi connectivity index (χ0n) is 18.7. The number of carbonyl (C=O) groups excluding carboxylic acids is 2. The van der Waals surface area contributed by atoms with E-state index in [1.807, 2.05) is 38.2 Å². The summed E-state index contributed by atoms with van der Waals surface area (Å²) in [5.74, 6) is 0.755. The first-order valence-electron chi connectivity index (χ1n) is 10.7. The van der Waals surface area contributed by atoms with Crippen LogP contribution in [0.4, 0.5) is 5.13 Å². The van der Waals surface area contributed by atoms with Crippen LogP contribution in [0.2, 0.25) is 0 Å². The summed E-state index contributed by atoms with van der Waals surface area (Å²) >= 11 is 1.39. The number of hydrogen-bond donors (Lipinski definition) is 2. The van der Waals surface area contributed by atoms with Crippen LogP contribution in [-0.2, 0) is 21.7 Å². The van der Waals surface area contributed by atoms with Crippen molar-refractivity contribution in [2.24, 2.45) is 5.41 Å². The maximum atomic E-state index is 13.0. The Morgan fingerprint density at radius 2 is 1.90 bits per heavy atom. The van der Waals surface area contributed by atoms with Gasteiger partial charge in [-0.05, 0) is 46.2 Å². The van der Waals surface area contributed by atoms with Gasteiger partial charge in [-0.25, -0.2) is 4.98 Å². The number of rotatable bonds is 9. The van der Waals surface area contributed by atoms with E-state index >= 15 is 0 Å². The predicted octanol–water partition coefficient (Wildman–Crippen LogP) is 3.31. The fourth-order valence-corrected chi connectivity index (χ4v) is 4.68. The third-order valence-electron chi connectivity index (χ3n) is 5.59. The molecule has 2 aromatic heterocycles. The topological polar surface area (TPSA) is 113 Å². The first-order chi connectivity index (χ1) is 14.7. The monoisotopic (exact) mass is 448 g/mol. The van der Waals surface area contributed by atoms with Crippen LogP contribution in [0.3, 0.4) is 0 Å². The van der Waals surface area contributed by atoms with E-state index < -0.39 is 5.54 Å². The van der Waals surface area contributed by atoms with Crippen molar-refractivity contribution >= 4 is 28.3 Å². The van der Waals surface area contributed by atoms with Crippen molar-refractivity contribution in [3.05, 3.63) is 23.3 Å². The molecule has 1 saturated carbocycles. The Bertz CT molecular complexity index is 872. The third-order valence-corrected chi connectivity index (χ3v) is 6.28. The van der Waals surface area contributed by atoms with Crippen molar-refractivity contribution in [2.75, 3.05) is 19.4 Å². The summed E-state index contributed by atoms with van der Waals surface area (Å²) in [4.78, 5) is 36.2. The molecule has 3 rings (SSSR count). The van der Waals surface area contributed by atoms with Gasteiger partial charge in [0.15, 0.2) is 11.0 Å². The predicted molar refractivity (Wildman–Crippen MR) is 118 cm³/mol. The molecule has 2 N–H and O–H groups in total. The number of thiazole rings is 1. The van der Waals surface area contributed by atoms with Crippen LogP contribution in [0.1, 0.15) is 70.5 Å². The van der Waals surface area contributed by atoms with E-state index in [1.165, 1.54) is 11.3 Å². The van der Waals surface area contributed by atoms with E-state index in [0.29, 0.717) is 36.2 Å². The fourth-order valence-electron chi connectivity index (χ4n) is 4.14. The SMILES string of the molecule is CN(C)Cc1nc(C(C)(C)NC(=O)CC2(CC(=O)Nc3nccs3)CCCCC2)no1. The minimum Gasteiger partial charge on any atom is -0.344 e. The van der Waals surface area contributed by atoms with Crippen molar-refractivity contribution in [1.29, 1.82) is 0 Å². The molecular weight excluding hydrogens is 416 g/mol. The summed E-state index contributed by atoms with van der Waals surface area (Å²) in [5.41, 5.74) is -1.11. The number of carbonyl (C=O) groups is 2. The van der Waals surface area contributed by atoms with Crippen LogP contribution in [0, 0.1) is 5.41 Å². The highest BCUT2D eigenvalue weighted by Gasteiger charge is 2.38. The second kappa shape index (κ2) is 9.86. The molecule has 2 aromatic rings. The Morgan fingerprint density at radius 1 is 1.19 bits per heavy atom. The normalized spacial score (nSPS) is 16.3. The molecule has 1 aliphatic rings. The second-order valence-corrected chi connectivity index (χ2v) is 10.1. The number of hydrogen-bond acceptors (Lipinski definition) is 8. The average Bonchev–Trinajstić information content (AvgIpc) is 3.33. The Labute approximate surface area is 187 Å². The van der Waals surface area contributed by atoms with E-state index in [1.54, 1.807) is 6.20 Å². The van der Waals surface area contributed by atoms with Gasteiger partial charge in [-0.3, -0.25) is 9.59 Å². The van der Waals surface area contributed by atoms with Gasteiger partial charge in [-0.15, -0.1) is 11.3 Å². The summed E-state index contributed by atoms with van der Waals surface area (Å²) in [6.07, 6.45) is 7.19. The van der Waals surface area contributed by atoms with Gasteiger partial charge in [0.1, 0.15) is 0 Å². The largest absolute Gasteiger partial charge is 0.344 e. The number of amides is 2. The molecule has 31 heavy (non-hydrogen) atoms. The van der Waals surface area contributed by atoms with Crippen LogP contribution in [0.5, 0.6) is 0 Å². The van der Waals surface area contributed by atoms with Crippen LogP contribution in [0.25, 0.3) is 0 Å². The molecule has 0 atom stereocenters. The highest BCUT2D eigenvalue weighted by molar-refractivity contribution is 7.13. The third kappa shape index (κ3) is 6.57. The lowest BCUT2D eigenvalue weighted by atomic mass is 9.69. The Balaban J connectivity index is 1.64. The van der Waals surface area contributed by atoms with Crippen molar-refractivity contribution in [1.82, 2.24) is 25.3 Å². The molecule has 0 bridgehead atoms. The molecule has 9 nitrogen and oxygen atoms in total. The summed E-state index contributed by atoms with van der Waals surface area (Å²) in [5, 5.41) is 12.4. The number of anilines is 1. The molecule has 0 aliphatic heterocycles. The van der Waals surface area contributed by atoms with E-state index in [0.717, 1.165) is 32.1 Å². The molecule has 0 aromatic carbocycles. The lowest BCUT2D eigenvalue weighted by molar-refractivity contribution is -0.127. The summed E-state index contributed by atoms with van der Waals surface area (Å²) < 4.78 is 5.30. The average molecular weight is 449 g/mol. The minimum absolute atomic E-state index is 0.0876. The van der Waals surface area contributed by atoms with Gasteiger partial charge >= 0.3 is 0 Å². The van der Waals surface area contributed by atoms with Crippen molar-refractivity contribution < 1.29 is 14.1 Å². The van der Waals surface area contributed by atoms with E-state index in [-0.39, 0.29) is 17.2 Å². The molecule has 0 saturated heterocycles. The quantitative estimate of drug-likeness (QED) is 0.605. The molecular formula is C21H32N6O3S. The van der Waals surface area contributed by atoms with Crippen LogP contribution >= 0.6 is 11.3 Å². The molecule has 10 heteroatoms. The van der Waals surface area contributed by atoms with Crippen molar-refractivity contribution in [2.45, 2.75) is 70.9 Å². The standard InChI is InChI=1S/C21H32N6O3S/c1-20(2,18-24-17(30-26-18)14-27(3)4)25-16(29)13-21(8-6-5-7-9-21)12-15(28)23-19-22-10-11-31-19/h10-11H,5-9,12-14H2,1-4H3,(H,25,29)(H,22,23,28). The van der Waals surface area contributed by atoms with E-state index in [2.05, 4.69) is 25.8 Å². The smallest absolute Gasteiger partial charge is 0.240 e. The Kier molecular flexibility index (Phi) is 7.42. The van der Waals surface area contributed by atoms with Crippen molar-refractivity contribution in [3.8, 4) is 0 Å². The Hall–Kier alpha value is -2.33. The molecule has 2 heterocycles. The first kappa shape index (κ1) is 23.3. The Morgan fingerprint density at radius 3 is 2.55 bits per heavy atom. The van der Waals surface area contributed by atoms with Gasteiger partial charge in [0.05, 0.1) is 12.1 Å². The van der Waals surface area contributed by atoms with Gasteiger partial charge in [0.25, 0.3) is 0 Å². The van der Waals surface area contributed by atoms with E-state index in [4.69, 9.17) is 4.52 Å². The van der Waals surface area contributed by atoms with Gasteiger partial charge in [-0.2, -0.15) is 4.98 Å². The molecule has 1 aliphatic carbocycles. The number of nitrogens with zero attached hydrogens (tertiary/aromatic N) is 4. The van der Waals surface area contributed by atoms with Crippen LogP contribution < -0.4 is 10.6 Å². The van der Waals surface area contributed by atoms with Crippen LogP contribution in [-0.4, -0.2) is 45.9 Å². The summed E-state index contributed by atoms with van der Waals surface area (Å²) in [6.45, 7) is 4.25. The molecule has 2 amide bonds. The van der Waals surface area contributed by atoms with Gasteiger partial charge < -0.3 is 20.1 Å². The maximum Gasteiger partial charge on any atom is 0.240 e. The van der Waals surface area contributed by atoms with E-state index in [9.17, 15) is 9.59 Å². The molecule has 170 valence electrons. The highest BCUT2D eigenvalue weighted by Crippen LogP contribution is 2.42. The van der Waals surface area contributed by atoms with Gasteiger partial charge in [0, 0.05) is 24.4 Å². The molecule has 0 radical (unpaired) electrons. The summed E-state index contributed by atoms with van der Waals surface area (Å²) in [7, 11) is 3.84. The van der Waals surface area contributed by atoms with Crippen LogP contribution in [0.15, 0.2) is 16.1 Å². The lowest BCUT2D eigenvalue weighted by Crippen LogP contribution is -2.44. The molecule has 0 unspecified atom stereocenters. The molecule has 0 spiro atoms. The number of aromatic nitrogens is 3. The van der Waals surface area contributed by atoms with Crippen molar-refractivity contribution in [3.63, 3.8) is 0 Å². The van der Waals surface area contributed by atoms with Gasteiger partial charge in [0.2, 0.25) is 17.7 Å². The highest BCUT2D eigenvalue weighted by atomic mass is 32.1. The lowest BCUT2D eigenvalue weighted by Gasteiger charge is -2.37. The zero-order valence-corrected chi connectivity index (χ0v) is 19.5. The zero-order chi connectivity index (χ0) is 22.5. The maximum absolute atomic E-state index is 13.0. The number of nitrogens with one attached hydrogen (secondary N) is 2. The molecule has 1 fully saturated rings. The first-order valence-corrected chi connectivity index (χ1v) is 11.5. The second-order valence-electron chi connectivity index (χ2n) is 9.22. The summed E-state index contributed by atoms with van der Waals surface area (Å²) in [6, 6.07) is 0. The minimum atomic E-state index is -0.774. The fraction of sp³-hybridized carbons (Fsp3) is 0.667. The van der Waals surface area contributed by atoms with Gasteiger partial charge in [-0.1, -0.05) is 24.4 Å².